The van der Waals surface area contributed by atoms with E-state index >= 15 is 0 Å². The van der Waals surface area contributed by atoms with Crippen LogP contribution in [0.25, 0.3) is 0 Å². The van der Waals surface area contributed by atoms with Gasteiger partial charge in [0.25, 0.3) is 0 Å². The number of rotatable bonds is 4. The lowest BCUT2D eigenvalue weighted by molar-refractivity contribution is -0.148. The number of anilines is 1. The maximum atomic E-state index is 12.3. The van der Waals surface area contributed by atoms with Crippen LogP contribution in [0.2, 0.25) is 0 Å². The number of nitrogen functional groups attached to an aromatic ring is 1. The first-order valence-electron chi connectivity index (χ1n) is 6.26. The summed E-state index contributed by atoms with van der Waals surface area (Å²) in [6.45, 7) is 0.368. The molecule has 1 fully saturated rings. The van der Waals surface area contributed by atoms with Crippen molar-refractivity contribution in [2.24, 2.45) is 0 Å². The second kappa shape index (κ2) is 4.70. The Morgan fingerprint density at radius 3 is 2.58 bits per heavy atom. The highest BCUT2D eigenvalue weighted by atomic mass is 32.1. The smallest absolute Gasteiger partial charge is 0.316 e. The minimum Gasteiger partial charge on any atom is -0.459 e. The molecule has 3 rings (SSSR count). The summed E-state index contributed by atoms with van der Waals surface area (Å²) in [6, 6.07) is 11.5. The van der Waals surface area contributed by atoms with Crippen molar-refractivity contribution in [2.75, 3.05) is 5.73 Å². The molecule has 19 heavy (non-hydrogen) atoms. The van der Waals surface area contributed by atoms with Crippen molar-refractivity contribution in [1.29, 1.82) is 0 Å². The van der Waals surface area contributed by atoms with Crippen LogP contribution in [0.4, 0.5) is 5.69 Å². The van der Waals surface area contributed by atoms with Gasteiger partial charge in [-0.2, -0.15) is 0 Å². The largest absolute Gasteiger partial charge is 0.459 e. The van der Waals surface area contributed by atoms with Crippen LogP contribution in [-0.4, -0.2) is 5.97 Å². The number of benzene rings is 1. The van der Waals surface area contributed by atoms with Gasteiger partial charge in [0.2, 0.25) is 0 Å². The molecular weight excluding hydrogens is 258 g/mol. The molecule has 1 aromatic carbocycles. The van der Waals surface area contributed by atoms with Gasteiger partial charge in [0.1, 0.15) is 6.61 Å². The van der Waals surface area contributed by atoms with Gasteiger partial charge in [0.15, 0.2) is 0 Å². The average Bonchev–Trinajstić information content (AvgIpc) is 3.07. The van der Waals surface area contributed by atoms with Crippen LogP contribution < -0.4 is 5.73 Å². The number of esters is 1. The number of hydrogen-bond acceptors (Lipinski definition) is 4. The Hall–Kier alpha value is -1.81. The highest BCUT2D eigenvalue weighted by Gasteiger charge is 2.52. The predicted octanol–water partition coefficient (Wildman–Crippen LogP) is 3.11. The monoisotopic (exact) mass is 273 g/mol. The molecule has 2 N–H and O–H groups in total. The molecule has 1 aliphatic rings. The van der Waals surface area contributed by atoms with Gasteiger partial charge in [-0.25, -0.2) is 0 Å². The van der Waals surface area contributed by atoms with E-state index in [4.69, 9.17) is 10.5 Å². The zero-order valence-electron chi connectivity index (χ0n) is 10.5. The first-order chi connectivity index (χ1) is 9.21. The van der Waals surface area contributed by atoms with E-state index in [9.17, 15) is 4.79 Å². The molecule has 0 atom stereocenters. The highest BCUT2D eigenvalue weighted by molar-refractivity contribution is 7.09. The molecule has 1 aliphatic carbocycles. The number of nitrogens with two attached hydrogens (primary N) is 1. The van der Waals surface area contributed by atoms with Crippen molar-refractivity contribution in [3.63, 3.8) is 0 Å². The summed E-state index contributed by atoms with van der Waals surface area (Å²) in [5, 5.41) is 1.98. The molecule has 0 unspecified atom stereocenters. The number of ether oxygens (including phenoxy) is 1. The molecular formula is C15H15NO2S. The molecule has 0 spiro atoms. The third kappa shape index (κ3) is 2.36. The quantitative estimate of drug-likeness (QED) is 0.688. The van der Waals surface area contributed by atoms with Crippen LogP contribution in [0.1, 0.15) is 23.3 Å². The summed E-state index contributed by atoms with van der Waals surface area (Å²) in [7, 11) is 0. The lowest BCUT2D eigenvalue weighted by atomic mass is 9.96. The topological polar surface area (TPSA) is 52.3 Å². The second-order valence-corrected chi connectivity index (χ2v) is 5.89. The molecule has 0 saturated heterocycles. The van der Waals surface area contributed by atoms with Gasteiger partial charge in [-0.15, -0.1) is 11.3 Å². The number of thiophene rings is 1. The molecule has 0 amide bonds. The Labute approximate surface area is 116 Å². The third-order valence-electron chi connectivity index (χ3n) is 3.53. The minimum absolute atomic E-state index is 0.120. The van der Waals surface area contributed by atoms with Crippen molar-refractivity contribution >= 4 is 23.0 Å². The zero-order chi connectivity index (χ0) is 13.3. The SMILES string of the molecule is Nc1ccc(C2(C(=O)OCc3cccs3)CC2)cc1. The van der Waals surface area contributed by atoms with Gasteiger partial charge >= 0.3 is 5.97 Å². The van der Waals surface area contributed by atoms with Crippen LogP contribution in [0, 0.1) is 0 Å². The van der Waals surface area contributed by atoms with Crippen LogP contribution in [0.3, 0.4) is 0 Å². The molecule has 0 radical (unpaired) electrons. The Balaban J connectivity index is 1.70. The fourth-order valence-corrected chi connectivity index (χ4v) is 2.82. The minimum atomic E-state index is -0.426. The normalized spacial score (nSPS) is 16.0. The average molecular weight is 273 g/mol. The van der Waals surface area contributed by atoms with Crippen molar-refractivity contribution < 1.29 is 9.53 Å². The van der Waals surface area contributed by atoms with Crippen molar-refractivity contribution in [1.82, 2.24) is 0 Å². The molecule has 3 nitrogen and oxygen atoms in total. The Bertz CT molecular complexity index is 571. The van der Waals surface area contributed by atoms with E-state index in [0.717, 1.165) is 23.3 Å². The maximum absolute atomic E-state index is 12.3. The number of hydrogen-bond donors (Lipinski definition) is 1. The van der Waals surface area contributed by atoms with Crippen molar-refractivity contribution in [3.05, 3.63) is 52.2 Å². The fraction of sp³-hybridized carbons (Fsp3) is 0.267. The molecule has 0 aliphatic heterocycles. The van der Waals surface area contributed by atoms with Crippen LogP contribution in [-0.2, 0) is 21.6 Å². The van der Waals surface area contributed by atoms with Gasteiger partial charge in [-0.3, -0.25) is 4.79 Å². The first-order valence-corrected chi connectivity index (χ1v) is 7.14. The Morgan fingerprint density at radius 1 is 1.26 bits per heavy atom. The van der Waals surface area contributed by atoms with E-state index < -0.39 is 5.41 Å². The predicted molar refractivity (Wildman–Crippen MR) is 75.9 cm³/mol. The number of carbonyl (C=O) groups excluding carboxylic acids is 1. The van der Waals surface area contributed by atoms with Crippen molar-refractivity contribution in [2.45, 2.75) is 24.9 Å². The van der Waals surface area contributed by atoms with Crippen LogP contribution in [0.15, 0.2) is 41.8 Å². The second-order valence-electron chi connectivity index (χ2n) is 4.86. The summed E-state index contributed by atoms with van der Waals surface area (Å²) in [5.41, 5.74) is 6.98. The van der Waals surface area contributed by atoms with Crippen molar-refractivity contribution in [3.8, 4) is 0 Å². The fourth-order valence-electron chi connectivity index (χ4n) is 2.21. The summed E-state index contributed by atoms with van der Waals surface area (Å²) < 4.78 is 5.44. The van der Waals surface area contributed by atoms with Crippen LogP contribution >= 0.6 is 11.3 Å². The van der Waals surface area contributed by atoms with E-state index in [2.05, 4.69) is 0 Å². The van der Waals surface area contributed by atoms with Gasteiger partial charge in [-0.05, 0) is 42.0 Å². The summed E-state index contributed by atoms with van der Waals surface area (Å²) in [4.78, 5) is 13.3. The standard InChI is InChI=1S/C15H15NO2S/c16-12-5-3-11(4-6-12)15(7-8-15)14(17)18-10-13-2-1-9-19-13/h1-6,9H,7-8,10,16H2. The van der Waals surface area contributed by atoms with Gasteiger partial charge in [-0.1, -0.05) is 18.2 Å². The Morgan fingerprint density at radius 2 is 2.00 bits per heavy atom. The Kier molecular flexibility index (Phi) is 3.03. The van der Waals surface area contributed by atoms with Crippen LogP contribution in [0.5, 0.6) is 0 Å². The molecule has 0 bridgehead atoms. The van der Waals surface area contributed by atoms with E-state index in [0.29, 0.717) is 12.3 Å². The maximum Gasteiger partial charge on any atom is 0.316 e. The molecule has 98 valence electrons. The molecule has 2 aromatic rings. The lowest BCUT2D eigenvalue weighted by Crippen LogP contribution is -2.23. The summed E-state index contributed by atoms with van der Waals surface area (Å²) in [5.74, 6) is -0.120. The van der Waals surface area contributed by atoms with Gasteiger partial charge in [0, 0.05) is 10.6 Å². The summed E-state index contributed by atoms with van der Waals surface area (Å²) >= 11 is 1.60. The molecule has 1 heterocycles. The van der Waals surface area contributed by atoms with E-state index in [-0.39, 0.29) is 5.97 Å². The van der Waals surface area contributed by atoms with E-state index in [1.807, 2.05) is 41.8 Å². The third-order valence-corrected chi connectivity index (χ3v) is 4.38. The number of carbonyl (C=O) groups is 1. The highest BCUT2D eigenvalue weighted by Crippen LogP contribution is 2.49. The lowest BCUT2D eigenvalue weighted by Gasteiger charge is -2.14. The summed E-state index contributed by atoms with van der Waals surface area (Å²) in [6.07, 6.45) is 1.72. The van der Waals surface area contributed by atoms with E-state index in [1.54, 1.807) is 11.3 Å². The molecule has 1 saturated carbocycles. The van der Waals surface area contributed by atoms with Gasteiger partial charge in [0.05, 0.1) is 5.41 Å². The molecule has 1 aromatic heterocycles. The van der Waals surface area contributed by atoms with Gasteiger partial charge < -0.3 is 10.5 Å². The van der Waals surface area contributed by atoms with E-state index in [1.165, 1.54) is 0 Å². The first kappa shape index (κ1) is 12.2. The molecule has 4 heteroatoms. The zero-order valence-corrected chi connectivity index (χ0v) is 11.3.